The Balaban J connectivity index is 1.69. The van der Waals surface area contributed by atoms with Crippen LogP contribution in [0.5, 0.6) is 0 Å². The van der Waals surface area contributed by atoms with E-state index in [1.807, 2.05) is 58.9 Å². The summed E-state index contributed by atoms with van der Waals surface area (Å²) in [6, 6.07) is 9.16. The van der Waals surface area contributed by atoms with Crippen molar-refractivity contribution < 1.29 is 18.0 Å². The lowest BCUT2D eigenvalue weighted by molar-refractivity contribution is -0.137. The second-order valence-electron chi connectivity index (χ2n) is 8.52. The number of carbonyl (C=O) groups excluding carboxylic acids is 2. The monoisotopic (exact) mass is 464 g/mol. The summed E-state index contributed by atoms with van der Waals surface area (Å²) < 4.78 is 23.9. The minimum absolute atomic E-state index is 0.0208. The average molecular weight is 465 g/mol. The Kier molecular flexibility index (Phi) is 8.67. The molecule has 2 aliphatic heterocycles. The molecule has 9 heteroatoms. The lowest BCUT2D eigenvalue weighted by atomic mass is 10.0. The molecule has 0 aromatic heterocycles. The minimum atomic E-state index is -3.03. The van der Waals surface area contributed by atoms with Crippen LogP contribution in [0.25, 0.3) is 0 Å². The molecule has 8 nitrogen and oxygen atoms in total. The van der Waals surface area contributed by atoms with Crippen LogP contribution in [0.4, 0.5) is 0 Å². The topological polar surface area (TPSA) is 81.2 Å². The van der Waals surface area contributed by atoms with E-state index in [9.17, 15) is 18.0 Å². The molecule has 2 heterocycles. The van der Waals surface area contributed by atoms with Gasteiger partial charge in [0.2, 0.25) is 11.8 Å². The highest BCUT2D eigenvalue weighted by Gasteiger charge is 2.35. The number of nitrogens with zero attached hydrogens (tertiary/aromatic N) is 4. The Labute approximate surface area is 192 Å². The molecule has 1 unspecified atom stereocenters. The van der Waals surface area contributed by atoms with E-state index in [0.29, 0.717) is 52.4 Å². The van der Waals surface area contributed by atoms with Crippen LogP contribution in [0.1, 0.15) is 31.9 Å². The molecule has 2 aliphatic rings. The molecular formula is C23H36N4O4S. The highest BCUT2D eigenvalue weighted by molar-refractivity contribution is 7.91. The van der Waals surface area contributed by atoms with E-state index in [1.165, 1.54) is 0 Å². The van der Waals surface area contributed by atoms with Gasteiger partial charge in [0.1, 0.15) is 6.04 Å². The molecule has 0 radical (unpaired) electrons. The van der Waals surface area contributed by atoms with Crippen molar-refractivity contribution in [3.05, 3.63) is 35.9 Å². The summed E-state index contributed by atoms with van der Waals surface area (Å²) in [7, 11) is -3.03. The molecule has 1 atom stereocenters. The zero-order valence-corrected chi connectivity index (χ0v) is 20.1. The van der Waals surface area contributed by atoms with Crippen molar-refractivity contribution in [2.75, 3.05) is 70.4 Å². The molecule has 0 bridgehead atoms. The third kappa shape index (κ3) is 6.30. The van der Waals surface area contributed by atoms with Crippen molar-refractivity contribution in [1.29, 1.82) is 0 Å². The second-order valence-corrected chi connectivity index (χ2v) is 10.8. The van der Waals surface area contributed by atoms with E-state index in [-0.39, 0.29) is 23.3 Å². The van der Waals surface area contributed by atoms with Crippen LogP contribution >= 0.6 is 0 Å². The number of amides is 2. The molecule has 2 saturated heterocycles. The Morgan fingerprint density at radius 2 is 1.59 bits per heavy atom. The van der Waals surface area contributed by atoms with Gasteiger partial charge in [-0.2, -0.15) is 0 Å². The van der Waals surface area contributed by atoms with E-state index in [4.69, 9.17) is 0 Å². The Hall–Kier alpha value is -1.97. The first kappa shape index (κ1) is 24.7. The van der Waals surface area contributed by atoms with Crippen molar-refractivity contribution in [2.45, 2.75) is 26.3 Å². The van der Waals surface area contributed by atoms with Crippen molar-refractivity contribution >= 4 is 21.7 Å². The maximum Gasteiger partial charge on any atom is 0.244 e. The van der Waals surface area contributed by atoms with Crippen LogP contribution in [0, 0.1) is 0 Å². The second kappa shape index (κ2) is 11.2. The van der Waals surface area contributed by atoms with Gasteiger partial charge in [-0.05, 0) is 25.8 Å². The third-order valence-electron chi connectivity index (χ3n) is 6.47. The van der Waals surface area contributed by atoms with Crippen LogP contribution in [-0.2, 0) is 19.4 Å². The first-order valence-corrected chi connectivity index (χ1v) is 13.4. The maximum atomic E-state index is 13.7. The normalized spacial score (nSPS) is 21.0. The third-order valence-corrected chi connectivity index (χ3v) is 8.08. The largest absolute Gasteiger partial charge is 0.342 e. The summed E-state index contributed by atoms with van der Waals surface area (Å²) in [6.45, 7) is 9.16. The van der Waals surface area contributed by atoms with Crippen LogP contribution in [0.3, 0.4) is 0 Å². The van der Waals surface area contributed by atoms with E-state index in [1.54, 1.807) is 0 Å². The molecule has 2 fully saturated rings. The van der Waals surface area contributed by atoms with Crippen LogP contribution in [-0.4, -0.2) is 110 Å². The number of benzene rings is 1. The van der Waals surface area contributed by atoms with Gasteiger partial charge in [-0.25, -0.2) is 8.42 Å². The molecular weight excluding hydrogens is 428 g/mol. The summed E-state index contributed by atoms with van der Waals surface area (Å²) in [6.07, 6.45) is 0.813. The Bertz CT molecular complexity index is 859. The van der Waals surface area contributed by atoms with Gasteiger partial charge in [-0.3, -0.25) is 19.4 Å². The van der Waals surface area contributed by atoms with Crippen molar-refractivity contribution in [2.24, 2.45) is 0 Å². The predicted octanol–water partition coefficient (Wildman–Crippen LogP) is 0.861. The number of likely N-dealkylation sites (N-methyl/N-ethyl adjacent to an activating group) is 1. The lowest BCUT2D eigenvalue weighted by Gasteiger charge is -2.36. The number of rotatable bonds is 7. The standard InChI is InChI=1S/C23H36N4O4S/c1-3-25(4-2)21(28)19-24-11-8-12-27(14-13-24)23(29)22(20-9-6-5-7-10-20)26-15-17-32(30,31)18-16-26/h5-7,9-10,22H,3-4,8,11-19H2,1-2H3. The Morgan fingerprint density at radius 3 is 2.22 bits per heavy atom. The molecule has 0 aliphatic carbocycles. The zero-order valence-electron chi connectivity index (χ0n) is 19.3. The molecule has 1 aromatic rings. The van der Waals surface area contributed by atoms with Crippen LogP contribution in [0.15, 0.2) is 30.3 Å². The van der Waals surface area contributed by atoms with Gasteiger partial charge in [-0.1, -0.05) is 30.3 Å². The van der Waals surface area contributed by atoms with Gasteiger partial charge < -0.3 is 9.80 Å². The fourth-order valence-electron chi connectivity index (χ4n) is 4.52. The van der Waals surface area contributed by atoms with Gasteiger partial charge in [0.15, 0.2) is 9.84 Å². The molecule has 178 valence electrons. The van der Waals surface area contributed by atoms with E-state index < -0.39 is 15.9 Å². The fraction of sp³-hybridized carbons (Fsp3) is 0.652. The van der Waals surface area contributed by atoms with E-state index >= 15 is 0 Å². The molecule has 0 saturated carbocycles. The van der Waals surface area contributed by atoms with Crippen molar-refractivity contribution in [3.8, 4) is 0 Å². The first-order valence-electron chi connectivity index (χ1n) is 11.6. The summed E-state index contributed by atoms with van der Waals surface area (Å²) >= 11 is 0. The summed E-state index contributed by atoms with van der Waals surface area (Å²) in [5.41, 5.74) is 0.898. The quantitative estimate of drug-likeness (QED) is 0.596. The fourth-order valence-corrected chi connectivity index (χ4v) is 5.75. The summed E-state index contributed by atoms with van der Waals surface area (Å²) in [5.74, 6) is 0.328. The first-order chi connectivity index (χ1) is 15.3. The zero-order chi connectivity index (χ0) is 23.1. The predicted molar refractivity (Wildman–Crippen MR) is 125 cm³/mol. The Morgan fingerprint density at radius 1 is 0.938 bits per heavy atom. The summed E-state index contributed by atoms with van der Waals surface area (Å²) in [5, 5.41) is 0. The molecule has 0 spiro atoms. The molecule has 1 aromatic carbocycles. The maximum absolute atomic E-state index is 13.7. The van der Waals surface area contributed by atoms with Gasteiger partial charge in [0.05, 0.1) is 18.1 Å². The molecule has 2 amide bonds. The van der Waals surface area contributed by atoms with Gasteiger partial charge in [-0.15, -0.1) is 0 Å². The number of hydrogen-bond acceptors (Lipinski definition) is 6. The van der Waals surface area contributed by atoms with E-state index in [2.05, 4.69) is 4.90 Å². The number of hydrogen-bond donors (Lipinski definition) is 0. The van der Waals surface area contributed by atoms with Gasteiger partial charge in [0.25, 0.3) is 0 Å². The highest BCUT2D eigenvalue weighted by atomic mass is 32.2. The smallest absolute Gasteiger partial charge is 0.244 e. The average Bonchev–Trinajstić information content (AvgIpc) is 3.02. The molecule has 3 rings (SSSR count). The van der Waals surface area contributed by atoms with E-state index in [0.717, 1.165) is 18.5 Å². The number of carbonyl (C=O) groups is 2. The van der Waals surface area contributed by atoms with Gasteiger partial charge >= 0.3 is 0 Å². The van der Waals surface area contributed by atoms with Crippen LogP contribution < -0.4 is 0 Å². The highest BCUT2D eigenvalue weighted by Crippen LogP contribution is 2.26. The summed E-state index contributed by atoms with van der Waals surface area (Å²) in [4.78, 5) is 34.1. The molecule has 0 N–H and O–H groups in total. The minimum Gasteiger partial charge on any atom is -0.342 e. The SMILES string of the molecule is CCN(CC)C(=O)CN1CCCN(C(=O)C(c2ccccc2)N2CCS(=O)(=O)CC2)CC1. The van der Waals surface area contributed by atoms with Crippen molar-refractivity contribution in [1.82, 2.24) is 19.6 Å². The lowest BCUT2D eigenvalue weighted by Crippen LogP contribution is -2.49. The van der Waals surface area contributed by atoms with Gasteiger partial charge in [0, 0.05) is 52.4 Å². The number of sulfone groups is 1. The van der Waals surface area contributed by atoms with Crippen molar-refractivity contribution in [3.63, 3.8) is 0 Å². The van der Waals surface area contributed by atoms with Crippen LogP contribution in [0.2, 0.25) is 0 Å². The molecule has 32 heavy (non-hydrogen) atoms.